The molecule has 7 heteroatoms. The van der Waals surface area contributed by atoms with E-state index < -0.39 is 0 Å². The van der Waals surface area contributed by atoms with Crippen LogP contribution in [0.15, 0.2) is 33.8 Å². The molecular weight excluding hydrogens is 330 g/mol. The van der Waals surface area contributed by atoms with Gasteiger partial charge in [-0.3, -0.25) is 14.2 Å². The Morgan fingerprint density at radius 1 is 1.47 bits per heavy atom. The first-order valence-corrected chi connectivity index (χ1v) is 7.06. The highest BCUT2D eigenvalue weighted by molar-refractivity contribution is 9.10. The van der Waals surface area contributed by atoms with Crippen LogP contribution in [0.25, 0.3) is 10.9 Å². The Kier molecular flexibility index (Phi) is 4.60. The van der Waals surface area contributed by atoms with Gasteiger partial charge in [-0.05, 0) is 18.2 Å². The van der Waals surface area contributed by atoms with Crippen LogP contribution in [0.2, 0.25) is 0 Å². The minimum absolute atomic E-state index is 0.0396. The molecule has 100 valence electrons. The van der Waals surface area contributed by atoms with Crippen molar-refractivity contribution in [3.63, 3.8) is 0 Å². The van der Waals surface area contributed by atoms with Crippen LogP contribution >= 0.6 is 28.6 Å². The molecule has 0 fully saturated rings. The van der Waals surface area contributed by atoms with Crippen LogP contribution in [-0.2, 0) is 11.3 Å². The summed E-state index contributed by atoms with van der Waals surface area (Å²) >= 11 is 7.31. The van der Waals surface area contributed by atoms with E-state index in [0.29, 0.717) is 23.2 Å². The molecule has 1 heterocycles. The number of aromatic nitrogens is 2. The van der Waals surface area contributed by atoms with Crippen molar-refractivity contribution in [3.05, 3.63) is 39.4 Å². The van der Waals surface area contributed by atoms with Crippen molar-refractivity contribution >= 4 is 45.4 Å². The van der Waals surface area contributed by atoms with E-state index in [1.807, 2.05) is 6.07 Å². The summed E-state index contributed by atoms with van der Waals surface area (Å²) in [6.07, 6.45) is 1.39. The molecular formula is C12H12BrN3O2S. The summed E-state index contributed by atoms with van der Waals surface area (Å²) in [7, 11) is 0. The van der Waals surface area contributed by atoms with Gasteiger partial charge in [-0.15, -0.1) is 0 Å². The van der Waals surface area contributed by atoms with E-state index in [-0.39, 0.29) is 18.0 Å². The number of benzene rings is 1. The minimum atomic E-state index is -0.229. The molecule has 0 aliphatic rings. The lowest BCUT2D eigenvalue weighted by atomic mass is 10.2. The third-order valence-corrected chi connectivity index (χ3v) is 3.25. The number of hydrogen-bond donors (Lipinski definition) is 2. The fraction of sp³-hybridized carbons (Fsp3) is 0.250. The van der Waals surface area contributed by atoms with Gasteiger partial charge in [-0.1, -0.05) is 15.9 Å². The van der Waals surface area contributed by atoms with E-state index in [4.69, 9.17) is 0 Å². The Balaban J connectivity index is 2.32. The van der Waals surface area contributed by atoms with Crippen molar-refractivity contribution < 1.29 is 4.79 Å². The molecule has 0 atom stereocenters. The zero-order chi connectivity index (χ0) is 13.8. The number of fused-ring (bicyclic) bond motifs is 1. The number of hydrogen-bond acceptors (Lipinski definition) is 4. The number of thiol groups is 1. The van der Waals surface area contributed by atoms with E-state index in [1.54, 1.807) is 12.1 Å². The molecule has 19 heavy (non-hydrogen) atoms. The second-order valence-electron chi connectivity index (χ2n) is 3.91. The Morgan fingerprint density at radius 3 is 3.00 bits per heavy atom. The molecule has 1 amide bonds. The molecule has 0 saturated heterocycles. The largest absolute Gasteiger partial charge is 0.354 e. The third kappa shape index (κ3) is 3.36. The Labute approximate surface area is 123 Å². The van der Waals surface area contributed by atoms with Gasteiger partial charge in [0.1, 0.15) is 6.54 Å². The molecule has 2 aromatic rings. The highest BCUT2D eigenvalue weighted by atomic mass is 79.9. The Hall–Kier alpha value is -1.34. The first-order chi connectivity index (χ1) is 9.11. The maximum atomic E-state index is 12.2. The van der Waals surface area contributed by atoms with Crippen LogP contribution in [0.3, 0.4) is 0 Å². The lowest BCUT2D eigenvalue weighted by Crippen LogP contribution is -2.33. The van der Waals surface area contributed by atoms with Crippen LogP contribution in [-0.4, -0.2) is 27.8 Å². The fourth-order valence-electron chi connectivity index (χ4n) is 1.65. The smallest absolute Gasteiger partial charge is 0.261 e. The van der Waals surface area contributed by atoms with Gasteiger partial charge in [0.25, 0.3) is 5.56 Å². The molecule has 2 rings (SSSR count). The predicted octanol–water partition coefficient (Wildman–Crippen LogP) is 1.20. The summed E-state index contributed by atoms with van der Waals surface area (Å²) < 4.78 is 2.10. The normalized spacial score (nSPS) is 10.6. The van der Waals surface area contributed by atoms with E-state index in [1.165, 1.54) is 10.9 Å². The van der Waals surface area contributed by atoms with Crippen molar-refractivity contribution in [2.75, 3.05) is 12.3 Å². The number of carbonyl (C=O) groups is 1. The van der Waals surface area contributed by atoms with Crippen molar-refractivity contribution in [2.24, 2.45) is 0 Å². The van der Waals surface area contributed by atoms with Crippen LogP contribution < -0.4 is 10.9 Å². The van der Waals surface area contributed by atoms with E-state index in [2.05, 4.69) is 38.9 Å². The van der Waals surface area contributed by atoms with Gasteiger partial charge in [0, 0.05) is 16.8 Å². The van der Waals surface area contributed by atoms with E-state index >= 15 is 0 Å². The highest BCUT2D eigenvalue weighted by Crippen LogP contribution is 2.14. The molecule has 5 nitrogen and oxygen atoms in total. The average molecular weight is 342 g/mol. The van der Waals surface area contributed by atoms with Gasteiger partial charge in [-0.25, -0.2) is 4.98 Å². The van der Waals surface area contributed by atoms with Crippen molar-refractivity contribution in [3.8, 4) is 0 Å². The summed E-state index contributed by atoms with van der Waals surface area (Å²) in [5.41, 5.74) is 0.382. The lowest BCUT2D eigenvalue weighted by Gasteiger charge is -2.07. The molecule has 1 aromatic heterocycles. The molecule has 0 saturated carbocycles. The van der Waals surface area contributed by atoms with Crippen LogP contribution in [0.4, 0.5) is 0 Å². The summed E-state index contributed by atoms with van der Waals surface area (Å²) in [6, 6.07) is 5.28. The second kappa shape index (κ2) is 6.21. The third-order valence-electron chi connectivity index (χ3n) is 2.53. The maximum absolute atomic E-state index is 12.2. The van der Waals surface area contributed by atoms with Crippen molar-refractivity contribution in [1.29, 1.82) is 0 Å². The molecule has 0 aliphatic heterocycles. The molecule has 0 aliphatic carbocycles. The second-order valence-corrected chi connectivity index (χ2v) is 5.28. The summed E-state index contributed by atoms with van der Waals surface area (Å²) in [4.78, 5) is 27.9. The zero-order valence-electron chi connectivity index (χ0n) is 9.97. The van der Waals surface area contributed by atoms with E-state index in [9.17, 15) is 9.59 Å². The van der Waals surface area contributed by atoms with Crippen molar-refractivity contribution in [2.45, 2.75) is 6.54 Å². The standard InChI is InChI=1S/C12H12BrN3O2S/c13-8-1-2-10-9(5-8)12(18)16(7-15-10)6-11(17)14-3-4-19/h1-2,5,7,19H,3-4,6H2,(H,14,17). The van der Waals surface area contributed by atoms with Gasteiger partial charge < -0.3 is 5.32 Å². The van der Waals surface area contributed by atoms with Crippen molar-refractivity contribution in [1.82, 2.24) is 14.9 Å². The number of nitrogens with one attached hydrogen (secondary N) is 1. The van der Waals surface area contributed by atoms with Gasteiger partial charge in [0.15, 0.2) is 0 Å². The monoisotopic (exact) mass is 341 g/mol. The number of rotatable bonds is 4. The number of amides is 1. The SMILES string of the molecule is O=C(Cn1cnc2ccc(Br)cc2c1=O)NCCS. The summed E-state index contributed by atoms with van der Waals surface area (Å²) in [5.74, 6) is 0.330. The molecule has 0 spiro atoms. The minimum Gasteiger partial charge on any atom is -0.354 e. The molecule has 0 bridgehead atoms. The van der Waals surface area contributed by atoms with Crippen LogP contribution in [0, 0.1) is 0 Å². The molecule has 1 N–H and O–H groups in total. The first kappa shape index (κ1) is 14.1. The topological polar surface area (TPSA) is 64.0 Å². The average Bonchev–Trinajstić information content (AvgIpc) is 2.40. The molecule has 1 aromatic carbocycles. The highest BCUT2D eigenvalue weighted by Gasteiger charge is 2.07. The first-order valence-electron chi connectivity index (χ1n) is 5.64. The number of nitrogens with zero attached hydrogens (tertiary/aromatic N) is 2. The summed E-state index contributed by atoms with van der Waals surface area (Å²) in [5, 5.41) is 3.14. The number of carbonyl (C=O) groups excluding carboxylic acids is 1. The fourth-order valence-corrected chi connectivity index (χ4v) is 2.12. The van der Waals surface area contributed by atoms with Crippen LogP contribution in [0.5, 0.6) is 0 Å². The number of halogens is 1. The quantitative estimate of drug-likeness (QED) is 0.821. The van der Waals surface area contributed by atoms with Gasteiger partial charge >= 0.3 is 0 Å². The summed E-state index contributed by atoms with van der Waals surface area (Å²) in [6.45, 7) is 0.436. The molecule has 0 radical (unpaired) electrons. The van der Waals surface area contributed by atoms with Crippen LogP contribution in [0.1, 0.15) is 0 Å². The zero-order valence-corrected chi connectivity index (χ0v) is 12.4. The van der Waals surface area contributed by atoms with Gasteiger partial charge in [-0.2, -0.15) is 12.6 Å². The maximum Gasteiger partial charge on any atom is 0.261 e. The molecule has 0 unspecified atom stereocenters. The lowest BCUT2D eigenvalue weighted by molar-refractivity contribution is -0.121. The Morgan fingerprint density at radius 2 is 2.26 bits per heavy atom. The Bertz CT molecular complexity index is 672. The van der Waals surface area contributed by atoms with Gasteiger partial charge in [0.05, 0.1) is 17.2 Å². The predicted molar refractivity (Wildman–Crippen MR) is 80.6 cm³/mol. The van der Waals surface area contributed by atoms with E-state index in [0.717, 1.165) is 4.47 Å². The van der Waals surface area contributed by atoms with Gasteiger partial charge in [0.2, 0.25) is 5.91 Å².